The molecule has 0 aromatic rings. The maximum atomic E-state index is 12.8. The average Bonchev–Trinajstić information content (AvgIpc) is 2.42. The first-order valence-electron chi connectivity index (χ1n) is 6.80. The van der Waals surface area contributed by atoms with E-state index < -0.39 is 18.0 Å². The molecule has 0 radical (unpaired) electrons. The molecule has 0 aromatic heterocycles. The summed E-state index contributed by atoms with van der Waals surface area (Å²) in [5.74, 6) is -1.86. The molecule has 0 spiro atoms. The summed E-state index contributed by atoms with van der Waals surface area (Å²) in [5.41, 5.74) is 0. The van der Waals surface area contributed by atoms with E-state index in [9.17, 15) is 18.0 Å². The van der Waals surface area contributed by atoms with E-state index in [1.165, 1.54) is 12.0 Å². The van der Waals surface area contributed by atoms with E-state index in [2.05, 4.69) is 0 Å². The molecule has 1 amide bonds. The fourth-order valence-electron chi connectivity index (χ4n) is 2.61. The zero-order chi connectivity index (χ0) is 15.2. The number of halogens is 4. The lowest BCUT2D eigenvalue weighted by atomic mass is 9.80. The normalized spacial score (nSPS) is 23.6. The lowest BCUT2D eigenvalue weighted by molar-refractivity contribution is -0.187. The SMILES string of the molecule is COCCN(CCCl)C(=O)C1CCCC(C(F)(F)F)C1. The Bertz CT molecular complexity index is 312. The van der Waals surface area contributed by atoms with Crippen LogP contribution in [0.5, 0.6) is 0 Å². The van der Waals surface area contributed by atoms with E-state index in [0.29, 0.717) is 32.5 Å². The lowest BCUT2D eigenvalue weighted by Crippen LogP contribution is -2.42. The second-order valence-corrected chi connectivity index (χ2v) is 5.49. The molecular weight excluding hydrogens is 295 g/mol. The van der Waals surface area contributed by atoms with Gasteiger partial charge in [0, 0.05) is 32.0 Å². The smallest absolute Gasteiger partial charge is 0.383 e. The largest absolute Gasteiger partial charge is 0.391 e. The van der Waals surface area contributed by atoms with Crippen molar-refractivity contribution >= 4 is 17.5 Å². The highest BCUT2D eigenvalue weighted by atomic mass is 35.5. The Kier molecular flexibility index (Phi) is 7.09. The van der Waals surface area contributed by atoms with Crippen molar-refractivity contribution in [2.45, 2.75) is 31.9 Å². The monoisotopic (exact) mass is 315 g/mol. The molecule has 1 fully saturated rings. The summed E-state index contributed by atoms with van der Waals surface area (Å²) in [6.07, 6.45) is -3.21. The van der Waals surface area contributed by atoms with Crippen molar-refractivity contribution in [3.05, 3.63) is 0 Å². The van der Waals surface area contributed by atoms with Gasteiger partial charge in [0.15, 0.2) is 0 Å². The number of hydrogen-bond acceptors (Lipinski definition) is 2. The Morgan fingerprint density at radius 1 is 1.35 bits per heavy atom. The highest BCUT2D eigenvalue weighted by Gasteiger charge is 2.44. The van der Waals surface area contributed by atoms with E-state index in [1.54, 1.807) is 0 Å². The average molecular weight is 316 g/mol. The second-order valence-electron chi connectivity index (χ2n) is 5.11. The van der Waals surface area contributed by atoms with Crippen LogP contribution in [0.15, 0.2) is 0 Å². The molecule has 1 aliphatic carbocycles. The number of amides is 1. The maximum Gasteiger partial charge on any atom is 0.391 e. The Balaban J connectivity index is 2.63. The van der Waals surface area contributed by atoms with E-state index in [4.69, 9.17) is 16.3 Å². The molecule has 0 N–H and O–H groups in total. The molecule has 1 rings (SSSR count). The molecule has 2 atom stereocenters. The van der Waals surface area contributed by atoms with Crippen LogP contribution < -0.4 is 0 Å². The molecule has 118 valence electrons. The van der Waals surface area contributed by atoms with E-state index in [-0.39, 0.29) is 24.6 Å². The Morgan fingerprint density at radius 3 is 2.60 bits per heavy atom. The van der Waals surface area contributed by atoms with Gasteiger partial charge in [0.25, 0.3) is 0 Å². The lowest BCUT2D eigenvalue weighted by Gasteiger charge is -2.33. The molecule has 3 nitrogen and oxygen atoms in total. The van der Waals surface area contributed by atoms with Gasteiger partial charge in [-0.25, -0.2) is 0 Å². The first-order chi connectivity index (χ1) is 9.40. The van der Waals surface area contributed by atoms with Gasteiger partial charge in [-0.15, -0.1) is 11.6 Å². The number of ether oxygens (including phenoxy) is 1. The van der Waals surface area contributed by atoms with E-state index >= 15 is 0 Å². The van der Waals surface area contributed by atoms with Crippen molar-refractivity contribution < 1.29 is 22.7 Å². The molecule has 1 saturated carbocycles. The Hall–Kier alpha value is -0.490. The Morgan fingerprint density at radius 2 is 2.05 bits per heavy atom. The molecule has 7 heteroatoms. The summed E-state index contributed by atoms with van der Waals surface area (Å²) in [7, 11) is 1.52. The van der Waals surface area contributed by atoms with Gasteiger partial charge < -0.3 is 9.64 Å². The second kappa shape index (κ2) is 8.08. The van der Waals surface area contributed by atoms with Crippen LogP contribution in [0, 0.1) is 11.8 Å². The molecule has 1 aliphatic rings. The minimum absolute atomic E-state index is 0.103. The molecular formula is C13H21ClF3NO2. The number of nitrogens with zero attached hydrogens (tertiary/aromatic N) is 1. The van der Waals surface area contributed by atoms with Crippen LogP contribution in [0.25, 0.3) is 0 Å². The van der Waals surface area contributed by atoms with Crippen LogP contribution in [0.2, 0.25) is 0 Å². The van der Waals surface area contributed by atoms with Gasteiger partial charge in [-0.05, 0) is 19.3 Å². The predicted octanol–water partition coefficient (Wildman–Crippen LogP) is 3.07. The third-order valence-electron chi connectivity index (χ3n) is 3.72. The topological polar surface area (TPSA) is 29.5 Å². The highest BCUT2D eigenvalue weighted by Crippen LogP contribution is 2.40. The number of carbonyl (C=O) groups is 1. The number of methoxy groups -OCH3 is 1. The van der Waals surface area contributed by atoms with Crippen LogP contribution >= 0.6 is 11.6 Å². The third-order valence-corrected chi connectivity index (χ3v) is 3.89. The summed E-state index contributed by atoms with van der Waals surface area (Å²) in [6.45, 7) is 1.07. The predicted molar refractivity (Wildman–Crippen MR) is 70.7 cm³/mol. The highest BCUT2D eigenvalue weighted by molar-refractivity contribution is 6.18. The quantitative estimate of drug-likeness (QED) is 0.705. The number of alkyl halides is 4. The van der Waals surface area contributed by atoms with Gasteiger partial charge in [-0.1, -0.05) is 6.42 Å². The minimum atomic E-state index is -4.21. The summed E-state index contributed by atoms with van der Waals surface area (Å²) < 4.78 is 43.2. The van der Waals surface area contributed by atoms with Crippen molar-refractivity contribution in [3.63, 3.8) is 0 Å². The third kappa shape index (κ3) is 5.13. The van der Waals surface area contributed by atoms with E-state index in [0.717, 1.165) is 0 Å². The number of rotatable bonds is 6. The summed E-state index contributed by atoms with van der Waals surface area (Å²) in [6, 6.07) is 0. The zero-order valence-electron chi connectivity index (χ0n) is 11.6. The fraction of sp³-hybridized carbons (Fsp3) is 0.923. The van der Waals surface area contributed by atoms with Gasteiger partial charge in [0.1, 0.15) is 0 Å². The Labute approximate surface area is 122 Å². The van der Waals surface area contributed by atoms with E-state index in [1.807, 2.05) is 0 Å². The minimum Gasteiger partial charge on any atom is -0.383 e. The summed E-state index contributed by atoms with van der Waals surface area (Å²) in [4.78, 5) is 13.8. The van der Waals surface area contributed by atoms with Crippen molar-refractivity contribution in [1.82, 2.24) is 4.90 Å². The van der Waals surface area contributed by atoms with Crippen molar-refractivity contribution in [2.75, 3.05) is 32.7 Å². The first kappa shape index (κ1) is 17.6. The molecule has 0 heterocycles. The maximum absolute atomic E-state index is 12.8. The fourth-order valence-corrected chi connectivity index (χ4v) is 2.81. The van der Waals surface area contributed by atoms with Crippen LogP contribution in [-0.2, 0) is 9.53 Å². The number of hydrogen-bond donors (Lipinski definition) is 0. The first-order valence-corrected chi connectivity index (χ1v) is 7.34. The van der Waals surface area contributed by atoms with Gasteiger partial charge >= 0.3 is 6.18 Å². The van der Waals surface area contributed by atoms with Gasteiger partial charge in [-0.3, -0.25) is 4.79 Å². The van der Waals surface area contributed by atoms with Crippen molar-refractivity contribution in [3.8, 4) is 0 Å². The number of carbonyl (C=O) groups excluding carboxylic acids is 1. The molecule has 20 heavy (non-hydrogen) atoms. The zero-order valence-corrected chi connectivity index (χ0v) is 12.3. The molecule has 2 unspecified atom stereocenters. The van der Waals surface area contributed by atoms with Crippen LogP contribution in [0.3, 0.4) is 0 Å². The molecule has 0 saturated heterocycles. The van der Waals surface area contributed by atoms with Crippen LogP contribution in [-0.4, -0.2) is 49.7 Å². The summed E-state index contributed by atoms with van der Waals surface area (Å²) >= 11 is 5.64. The van der Waals surface area contributed by atoms with Crippen molar-refractivity contribution in [1.29, 1.82) is 0 Å². The molecule has 0 bridgehead atoms. The van der Waals surface area contributed by atoms with Crippen LogP contribution in [0.1, 0.15) is 25.7 Å². The van der Waals surface area contributed by atoms with Crippen LogP contribution in [0.4, 0.5) is 13.2 Å². The standard InChI is InChI=1S/C13H21ClF3NO2/c1-20-8-7-18(6-5-14)12(19)10-3-2-4-11(9-10)13(15,16)17/h10-11H,2-9H2,1H3. The van der Waals surface area contributed by atoms with Gasteiger partial charge in [0.2, 0.25) is 5.91 Å². The molecule has 0 aliphatic heterocycles. The van der Waals surface area contributed by atoms with Gasteiger partial charge in [0.05, 0.1) is 12.5 Å². The van der Waals surface area contributed by atoms with Gasteiger partial charge in [-0.2, -0.15) is 13.2 Å². The van der Waals surface area contributed by atoms with Crippen molar-refractivity contribution in [2.24, 2.45) is 11.8 Å². The molecule has 0 aromatic carbocycles. The summed E-state index contributed by atoms with van der Waals surface area (Å²) in [5, 5.41) is 0.